The van der Waals surface area contributed by atoms with Gasteiger partial charge in [-0.3, -0.25) is 9.89 Å². The first-order valence-electron chi connectivity index (χ1n) is 8.99. The van der Waals surface area contributed by atoms with Crippen LogP contribution in [0.15, 0.2) is 6.07 Å². The molecule has 1 aliphatic carbocycles. The van der Waals surface area contributed by atoms with Gasteiger partial charge in [-0.15, -0.1) is 0 Å². The quantitative estimate of drug-likeness (QED) is 0.923. The number of hydrogen-bond donors (Lipinski definition) is 1. The maximum atomic E-state index is 13.1. The van der Waals surface area contributed by atoms with Crippen LogP contribution >= 0.6 is 0 Å². The van der Waals surface area contributed by atoms with E-state index in [4.69, 9.17) is 4.74 Å². The van der Waals surface area contributed by atoms with Crippen LogP contribution in [0.5, 0.6) is 0 Å². The lowest BCUT2D eigenvalue weighted by atomic mass is 10.2. The Hall–Kier alpha value is -2.15. The fourth-order valence-corrected chi connectivity index (χ4v) is 3.52. The van der Waals surface area contributed by atoms with Crippen LogP contribution in [-0.4, -0.2) is 50.3 Å². The highest BCUT2D eigenvalue weighted by atomic mass is 16.5. The monoisotopic (exact) mass is 343 g/mol. The van der Waals surface area contributed by atoms with E-state index in [1.807, 2.05) is 17.9 Å². The molecule has 0 bridgehead atoms. The third kappa shape index (κ3) is 3.20. The fraction of sp³-hybridized carbons (Fsp3) is 0.611. The molecule has 1 aliphatic heterocycles. The number of rotatable bonds is 4. The van der Waals surface area contributed by atoms with Gasteiger partial charge in [-0.05, 0) is 45.6 Å². The molecule has 1 N–H and O–H groups in total. The van der Waals surface area contributed by atoms with Crippen LogP contribution in [0.2, 0.25) is 0 Å². The van der Waals surface area contributed by atoms with Gasteiger partial charge in [0, 0.05) is 24.5 Å². The van der Waals surface area contributed by atoms with Gasteiger partial charge in [-0.2, -0.15) is 5.10 Å². The standard InChI is InChI=1S/C18H25N5O2/c1-11-8-15(12(2)23(11)9-14-4-5-14)18(24)22-6-7-25-16(10-22)17-19-13(3)20-21-17/h8,14,16H,4-7,9-10H2,1-3H3,(H,19,20,21)/t16-/m1/s1. The summed E-state index contributed by atoms with van der Waals surface area (Å²) in [6.07, 6.45) is 2.35. The van der Waals surface area contributed by atoms with Crippen molar-refractivity contribution in [3.05, 3.63) is 34.7 Å². The molecular formula is C18H25N5O2. The molecule has 4 rings (SSSR count). The molecule has 134 valence electrons. The number of aromatic nitrogens is 4. The van der Waals surface area contributed by atoms with Crippen molar-refractivity contribution in [2.24, 2.45) is 5.92 Å². The van der Waals surface area contributed by atoms with Crippen molar-refractivity contribution < 1.29 is 9.53 Å². The number of carbonyl (C=O) groups is 1. The summed E-state index contributed by atoms with van der Waals surface area (Å²) in [4.78, 5) is 19.3. The molecule has 2 fully saturated rings. The minimum Gasteiger partial charge on any atom is -0.366 e. The smallest absolute Gasteiger partial charge is 0.255 e. The number of carbonyl (C=O) groups excluding carboxylic acids is 1. The average Bonchev–Trinajstić information content (AvgIpc) is 3.27. The summed E-state index contributed by atoms with van der Waals surface area (Å²) >= 11 is 0. The first-order chi connectivity index (χ1) is 12.0. The van der Waals surface area contributed by atoms with Crippen molar-refractivity contribution >= 4 is 5.91 Å². The molecule has 2 aromatic rings. The Balaban J connectivity index is 1.52. The van der Waals surface area contributed by atoms with Gasteiger partial charge in [-0.25, -0.2) is 4.98 Å². The van der Waals surface area contributed by atoms with Crippen LogP contribution in [0.4, 0.5) is 0 Å². The summed E-state index contributed by atoms with van der Waals surface area (Å²) < 4.78 is 8.06. The summed E-state index contributed by atoms with van der Waals surface area (Å²) in [5, 5.41) is 7.02. The third-order valence-corrected chi connectivity index (χ3v) is 5.20. The molecule has 1 saturated carbocycles. The molecule has 0 spiro atoms. The van der Waals surface area contributed by atoms with Crippen LogP contribution in [0.1, 0.15) is 52.3 Å². The minimum absolute atomic E-state index is 0.0794. The van der Waals surface area contributed by atoms with E-state index in [1.165, 1.54) is 18.5 Å². The molecule has 2 aliphatic rings. The van der Waals surface area contributed by atoms with Gasteiger partial charge in [0.1, 0.15) is 11.9 Å². The lowest BCUT2D eigenvalue weighted by Gasteiger charge is -2.31. The molecule has 0 radical (unpaired) electrons. The van der Waals surface area contributed by atoms with Gasteiger partial charge in [0.05, 0.1) is 18.7 Å². The van der Waals surface area contributed by atoms with Gasteiger partial charge >= 0.3 is 0 Å². The molecule has 25 heavy (non-hydrogen) atoms. The lowest BCUT2D eigenvalue weighted by molar-refractivity contribution is -0.0267. The maximum Gasteiger partial charge on any atom is 0.255 e. The van der Waals surface area contributed by atoms with E-state index in [1.54, 1.807) is 0 Å². The molecule has 7 heteroatoms. The molecule has 2 aromatic heterocycles. The van der Waals surface area contributed by atoms with E-state index < -0.39 is 0 Å². The zero-order chi connectivity index (χ0) is 17.6. The molecule has 0 aromatic carbocycles. The Kier molecular flexibility index (Phi) is 4.11. The number of H-pyrrole nitrogens is 1. The number of amides is 1. The van der Waals surface area contributed by atoms with Crippen LogP contribution in [0, 0.1) is 26.7 Å². The van der Waals surface area contributed by atoms with Crippen molar-refractivity contribution in [1.82, 2.24) is 24.6 Å². The maximum absolute atomic E-state index is 13.1. The molecule has 7 nitrogen and oxygen atoms in total. The van der Waals surface area contributed by atoms with Crippen molar-refractivity contribution in [2.45, 2.75) is 46.3 Å². The number of aryl methyl sites for hydroxylation is 2. The lowest BCUT2D eigenvalue weighted by Crippen LogP contribution is -2.42. The SMILES string of the molecule is Cc1nc([C@H]2CN(C(=O)c3cc(C)n(CC4CC4)c3C)CCO2)n[nH]1. The van der Waals surface area contributed by atoms with E-state index in [0.717, 1.165) is 29.5 Å². The van der Waals surface area contributed by atoms with E-state index >= 15 is 0 Å². The van der Waals surface area contributed by atoms with Gasteiger partial charge in [0.25, 0.3) is 5.91 Å². The van der Waals surface area contributed by atoms with Crippen LogP contribution in [0.3, 0.4) is 0 Å². The van der Waals surface area contributed by atoms with E-state index in [9.17, 15) is 4.79 Å². The average molecular weight is 343 g/mol. The highest BCUT2D eigenvalue weighted by molar-refractivity contribution is 5.95. The predicted molar refractivity (Wildman–Crippen MR) is 92.3 cm³/mol. The molecular weight excluding hydrogens is 318 g/mol. The Labute approximate surface area is 147 Å². The first-order valence-corrected chi connectivity index (χ1v) is 8.99. The largest absolute Gasteiger partial charge is 0.366 e. The van der Waals surface area contributed by atoms with Crippen molar-refractivity contribution in [2.75, 3.05) is 19.7 Å². The highest BCUT2D eigenvalue weighted by Crippen LogP contribution is 2.32. The number of hydrogen-bond acceptors (Lipinski definition) is 4. The van der Waals surface area contributed by atoms with Crippen LogP contribution in [-0.2, 0) is 11.3 Å². The second-order valence-corrected chi connectivity index (χ2v) is 7.23. The second kappa shape index (κ2) is 6.29. The zero-order valence-corrected chi connectivity index (χ0v) is 15.1. The molecule has 1 saturated heterocycles. The normalized spacial score (nSPS) is 20.9. The van der Waals surface area contributed by atoms with Crippen LogP contribution in [0.25, 0.3) is 0 Å². The number of nitrogens with one attached hydrogen (secondary N) is 1. The topological polar surface area (TPSA) is 76.0 Å². The van der Waals surface area contributed by atoms with Gasteiger partial charge in [0.2, 0.25) is 0 Å². The zero-order valence-electron chi connectivity index (χ0n) is 15.1. The molecule has 1 atom stereocenters. The summed E-state index contributed by atoms with van der Waals surface area (Å²) in [6, 6.07) is 2.03. The second-order valence-electron chi connectivity index (χ2n) is 7.23. The van der Waals surface area contributed by atoms with Crippen LogP contribution < -0.4 is 0 Å². The van der Waals surface area contributed by atoms with E-state index in [0.29, 0.717) is 25.5 Å². The van der Waals surface area contributed by atoms with E-state index in [-0.39, 0.29) is 12.0 Å². The van der Waals surface area contributed by atoms with E-state index in [2.05, 4.69) is 33.6 Å². The minimum atomic E-state index is -0.266. The number of aromatic amines is 1. The number of morpholine rings is 1. The summed E-state index contributed by atoms with van der Waals surface area (Å²) in [5.41, 5.74) is 3.05. The Morgan fingerprint density at radius 3 is 2.84 bits per heavy atom. The van der Waals surface area contributed by atoms with Crippen molar-refractivity contribution in [3.8, 4) is 0 Å². The van der Waals surface area contributed by atoms with Crippen molar-refractivity contribution in [1.29, 1.82) is 0 Å². The fourth-order valence-electron chi connectivity index (χ4n) is 3.52. The van der Waals surface area contributed by atoms with Gasteiger partial charge < -0.3 is 14.2 Å². The Morgan fingerprint density at radius 1 is 1.36 bits per heavy atom. The number of nitrogens with zero attached hydrogens (tertiary/aromatic N) is 4. The van der Waals surface area contributed by atoms with Gasteiger partial charge in [0.15, 0.2) is 5.82 Å². The summed E-state index contributed by atoms with van der Waals surface area (Å²) in [5.74, 6) is 2.24. The first kappa shape index (κ1) is 16.3. The predicted octanol–water partition coefficient (Wildman–Crippen LogP) is 2.16. The third-order valence-electron chi connectivity index (χ3n) is 5.20. The Morgan fingerprint density at radius 2 is 2.16 bits per heavy atom. The molecule has 0 unspecified atom stereocenters. The van der Waals surface area contributed by atoms with Crippen molar-refractivity contribution in [3.63, 3.8) is 0 Å². The molecule has 1 amide bonds. The summed E-state index contributed by atoms with van der Waals surface area (Å²) in [7, 11) is 0. The number of ether oxygens (including phenoxy) is 1. The summed E-state index contributed by atoms with van der Waals surface area (Å²) in [6.45, 7) is 8.63. The van der Waals surface area contributed by atoms with Gasteiger partial charge in [-0.1, -0.05) is 0 Å². The highest BCUT2D eigenvalue weighted by Gasteiger charge is 2.31. The Bertz CT molecular complexity index is 789. The molecule has 3 heterocycles.